The lowest BCUT2D eigenvalue weighted by atomic mass is 10.0. The minimum atomic E-state index is -0.673. The fourth-order valence-corrected chi connectivity index (χ4v) is 3.77. The van der Waals surface area contributed by atoms with Gasteiger partial charge < -0.3 is 10.2 Å². The van der Waals surface area contributed by atoms with Gasteiger partial charge in [0.25, 0.3) is 11.8 Å². The molecule has 1 unspecified atom stereocenters. The quantitative estimate of drug-likeness (QED) is 0.620. The maximum Gasteiger partial charge on any atom is 0.258 e. The Balaban J connectivity index is 1.35. The maximum atomic E-state index is 12.9. The van der Waals surface area contributed by atoms with Crippen molar-refractivity contribution in [3.05, 3.63) is 59.7 Å². The monoisotopic (exact) mass is 404 g/mol. The third-order valence-corrected chi connectivity index (χ3v) is 5.29. The molecule has 2 aliphatic heterocycles. The Hall–Kier alpha value is -4.08. The van der Waals surface area contributed by atoms with E-state index in [-0.39, 0.29) is 30.7 Å². The Morgan fingerprint density at radius 2 is 2.07 bits per heavy atom. The molecule has 10 nitrogen and oxygen atoms in total. The number of hydrogen-bond acceptors (Lipinski definition) is 6. The predicted molar refractivity (Wildman–Crippen MR) is 103 cm³/mol. The number of anilines is 1. The average Bonchev–Trinajstić information content (AvgIpc) is 3.32. The van der Waals surface area contributed by atoms with Gasteiger partial charge in [-0.05, 0) is 24.1 Å². The van der Waals surface area contributed by atoms with E-state index < -0.39 is 11.9 Å². The van der Waals surface area contributed by atoms with Crippen LogP contribution in [0.4, 0.5) is 5.69 Å². The van der Waals surface area contributed by atoms with Crippen molar-refractivity contribution in [3.63, 3.8) is 0 Å². The summed E-state index contributed by atoms with van der Waals surface area (Å²) in [6.07, 6.45) is 6.83. The van der Waals surface area contributed by atoms with Crippen LogP contribution >= 0.6 is 0 Å². The molecular weight excluding hydrogens is 388 g/mol. The number of hydrogen-bond donors (Lipinski definition) is 2. The summed E-state index contributed by atoms with van der Waals surface area (Å²) in [6, 6.07) is 4.39. The second-order valence-electron chi connectivity index (χ2n) is 7.20. The molecule has 2 N–H and O–H groups in total. The number of nitrogens with zero attached hydrogens (tertiary/aromatic N) is 4. The highest BCUT2D eigenvalue weighted by molar-refractivity contribution is 6.07. The molecule has 0 radical (unpaired) electrons. The molecule has 1 atom stereocenters. The summed E-state index contributed by atoms with van der Waals surface area (Å²) in [5.74, 6) is -0.956. The summed E-state index contributed by atoms with van der Waals surface area (Å²) < 4.78 is 1.64. The zero-order chi connectivity index (χ0) is 20.8. The molecule has 1 saturated heterocycles. The summed E-state index contributed by atoms with van der Waals surface area (Å²) in [4.78, 5) is 58.6. The molecule has 4 amide bonds. The minimum Gasteiger partial charge on any atom is -0.322 e. The van der Waals surface area contributed by atoms with Crippen LogP contribution in [0.2, 0.25) is 0 Å². The first kappa shape index (κ1) is 18.0. The molecule has 0 aliphatic carbocycles. The van der Waals surface area contributed by atoms with Crippen molar-refractivity contribution in [1.82, 2.24) is 24.6 Å². The zero-order valence-corrected chi connectivity index (χ0v) is 15.7. The Bertz CT molecular complexity index is 1230. The molecule has 0 saturated carbocycles. The van der Waals surface area contributed by atoms with Gasteiger partial charge in [0.2, 0.25) is 17.6 Å². The van der Waals surface area contributed by atoms with Crippen molar-refractivity contribution >= 4 is 35.1 Å². The van der Waals surface area contributed by atoms with Crippen LogP contribution < -0.4 is 10.6 Å². The predicted octanol–water partition coefficient (Wildman–Crippen LogP) is 0.743. The fraction of sp³-hybridized carbons (Fsp3) is 0.200. The highest BCUT2D eigenvalue weighted by atomic mass is 16.2. The van der Waals surface area contributed by atoms with E-state index in [1.54, 1.807) is 41.2 Å². The Labute approximate surface area is 169 Å². The number of fused-ring (bicyclic) bond motifs is 2. The lowest BCUT2D eigenvalue weighted by Crippen LogP contribution is -2.52. The molecule has 0 spiro atoms. The molecule has 30 heavy (non-hydrogen) atoms. The van der Waals surface area contributed by atoms with E-state index in [2.05, 4.69) is 20.6 Å². The molecule has 150 valence electrons. The number of benzene rings is 1. The largest absolute Gasteiger partial charge is 0.322 e. The molecule has 1 fully saturated rings. The van der Waals surface area contributed by atoms with Gasteiger partial charge in [-0.1, -0.05) is 6.07 Å². The first-order valence-corrected chi connectivity index (χ1v) is 9.37. The third-order valence-electron chi connectivity index (χ3n) is 5.29. The van der Waals surface area contributed by atoms with Crippen molar-refractivity contribution in [2.45, 2.75) is 25.4 Å². The Morgan fingerprint density at radius 3 is 2.90 bits per heavy atom. The van der Waals surface area contributed by atoms with Crippen LogP contribution in [0.1, 0.15) is 39.1 Å². The lowest BCUT2D eigenvalue weighted by molar-refractivity contribution is -0.136. The fourth-order valence-electron chi connectivity index (χ4n) is 3.77. The van der Waals surface area contributed by atoms with Crippen LogP contribution in [-0.2, 0) is 16.1 Å². The SMILES string of the molecule is O=C1CCC(N2Cc3ccc(NC(=O)c4cnc5nccn5c4)cc3C2=O)C(=O)N1. The van der Waals surface area contributed by atoms with Crippen LogP contribution in [0.5, 0.6) is 0 Å². The molecule has 3 aromatic rings. The van der Waals surface area contributed by atoms with Gasteiger partial charge in [-0.3, -0.25) is 28.9 Å². The van der Waals surface area contributed by atoms with Gasteiger partial charge in [0, 0.05) is 49.0 Å². The summed E-state index contributed by atoms with van der Waals surface area (Å²) in [5.41, 5.74) is 2.00. The van der Waals surface area contributed by atoms with Crippen molar-refractivity contribution in [3.8, 4) is 0 Å². The molecule has 4 heterocycles. The van der Waals surface area contributed by atoms with Crippen LogP contribution in [0.3, 0.4) is 0 Å². The van der Waals surface area contributed by atoms with E-state index >= 15 is 0 Å². The van der Waals surface area contributed by atoms with Gasteiger partial charge in [0.15, 0.2) is 0 Å². The lowest BCUT2D eigenvalue weighted by Gasteiger charge is -2.29. The second-order valence-corrected chi connectivity index (χ2v) is 7.20. The maximum absolute atomic E-state index is 12.9. The number of imide groups is 1. The van der Waals surface area contributed by atoms with Crippen LogP contribution in [0.15, 0.2) is 43.0 Å². The molecule has 10 heteroatoms. The molecular formula is C20H16N6O4. The van der Waals surface area contributed by atoms with E-state index in [1.807, 2.05) is 0 Å². The summed E-state index contributed by atoms with van der Waals surface area (Å²) in [5, 5.41) is 5.05. The van der Waals surface area contributed by atoms with Crippen LogP contribution in [-0.4, -0.2) is 48.9 Å². The highest BCUT2D eigenvalue weighted by Gasteiger charge is 2.39. The van der Waals surface area contributed by atoms with Gasteiger partial charge in [0.05, 0.1) is 5.56 Å². The topological polar surface area (TPSA) is 126 Å². The summed E-state index contributed by atoms with van der Waals surface area (Å²) in [7, 11) is 0. The normalized spacial score (nSPS) is 18.5. The van der Waals surface area contributed by atoms with Crippen molar-refractivity contribution < 1.29 is 19.2 Å². The van der Waals surface area contributed by atoms with E-state index in [0.29, 0.717) is 29.0 Å². The van der Waals surface area contributed by atoms with Gasteiger partial charge in [0.1, 0.15) is 6.04 Å². The number of carbonyl (C=O) groups is 4. The number of piperidine rings is 1. The Morgan fingerprint density at radius 1 is 1.20 bits per heavy atom. The van der Waals surface area contributed by atoms with Crippen LogP contribution in [0, 0.1) is 0 Å². The third kappa shape index (κ3) is 2.98. The standard InChI is InChI=1S/C20H16N6O4/c27-16-4-3-15(18(29)24-16)26-10-11-1-2-13(7-14(11)19(26)30)23-17(28)12-8-22-20-21-5-6-25(20)9-12/h1-2,5-9,15H,3-4,10H2,(H,23,28)(H,24,27,29). The molecule has 1 aromatic carbocycles. The zero-order valence-electron chi connectivity index (χ0n) is 15.7. The second kappa shape index (κ2) is 6.76. The first-order valence-electron chi connectivity index (χ1n) is 9.37. The number of carbonyl (C=O) groups excluding carboxylic acids is 4. The minimum absolute atomic E-state index is 0.202. The number of rotatable bonds is 3. The highest BCUT2D eigenvalue weighted by Crippen LogP contribution is 2.29. The van der Waals surface area contributed by atoms with Crippen molar-refractivity contribution in [2.75, 3.05) is 5.32 Å². The van der Waals surface area contributed by atoms with E-state index in [4.69, 9.17) is 0 Å². The van der Waals surface area contributed by atoms with Gasteiger partial charge in [-0.15, -0.1) is 0 Å². The van der Waals surface area contributed by atoms with E-state index in [9.17, 15) is 19.2 Å². The molecule has 0 bridgehead atoms. The van der Waals surface area contributed by atoms with E-state index in [1.165, 1.54) is 11.1 Å². The number of amides is 4. The number of imidazole rings is 1. The van der Waals surface area contributed by atoms with Gasteiger partial charge in [-0.25, -0.2) is 9.97 Å². The number of nitrogens with one attached hydrogen (secondary N) is 2. The van der Waals surface area contributed by atoms with Gasteiger partial charge >= 0.3 is 0 Å². The summed E-state index contributed by atoms with van der Waals surface area (Å²) in [6.45, 7) is 0.288. The van der Waals surface area contributed by atoms with Crippen molar-refractivity contribution in [2.24, 2.45) is 0 Å². The molecule has 5 rings (SSSR count). The molecule has 2 aromatic heterocycles. The van der Waals surface area contributed by atoms with Crippen molar-refractivity contribution in [1.29, 1.82) is 0 Å². The number of aromatic nitrogens is 3. The first-order chi connectivity index (χ1) is 14.5. The summed E-state index contributed by atoms with van der Waals surface area (Å²) >= 11 is 0. The Kier molecular flexibility index (Phi) is 4.05. The van der Waals surface area contributed by atoms with Crippen LogP contribution in [0.25, 0.3) is 5.78 Å². The smallest absolute Gasteiger partial charge is 0.258 e. The van der Waals surface area contributed by atoms with E-state index in [0.717, 1.165) is 5.56 Å². The van der Waals surface area contributed by atoms with Gasteiger partial charge in [-0.2, -0.15) is 0 Å². The molecule has 2 aliphatic rings. The average molecular weight is 404 g/mol.